The monoisotopic (exact) mass is 343 g/mol. The van der Waals surface area contributed by atoms with Crippen molar-refractivity contribution in [3.63, 3.8) is 0 Å². The van der Waals surface area contributed by atoms with Gasteiger partial charge in [0, 0.05) is 0 Å². The molecule has 2 aromatic carbocycles. The van der Waals surface area contributed by atoms with Crippen molar-refractivity contribution in [3.8, 4) is 0 Å². The van der Waals surface area contributed by atoms with Gasteiger partial charge < -0.3 is 11.5 Å². The zero-order valence-electron chi connectivity index (χ0n) is 14.8. The number of hydrogen-bond donors (Lipinski definition) is 2. The van der Waals surface area contributed by atoms with E-state index < -0.39 is 0 Å². The molecule has 4 N–H and O–H groups in total. The molecule has 130 valence electrons. The molecule has 0 atom stereocenters. The van der Waals surface area contributed by atoms with Crippen LogP contribution in [0, 0.1) is 0 Å². The summed E-state index contributed by atoms with van der Waals surface area (Å²) >= 11 is 0. The van der Waals surface area contributed by atoms with E-state index in [4.69, 9.17) is 11.5 Å². The average molecular weight is 343 g/mol. The number of nitrogen functional groups attached to an aromatic ring is 2. The molecule has 5 heteroatoms. The Balaban J connectivity index is 1.93. The lowest BCUT2D eigenvalue weighted by molar-refractivity contribution is 1.24. The lowest BCUT2D eigenvalue weighted by Crippen LogP contribution is -2.05. The highest BCUT2D eigenvalue weighted by Crippen LogP contribution is 2.23. The zero-order valence-corrected chi connectivity index (χ0v) is 14.8. The third-order valence-corrected chi connectivity index (χ3v) is 3.94. The molecular weight excluding hydrogens is 322 g/mol. The Morgan fingerprint density at radius 3 is 1.50 bits per heavy atom. The number of rotatable bonds is 4. The minimum atomic E-state index is 0.639. The van der Waals surface area contributed by atoms with Crippen LogP contribution in [0.1, 0.15) is 25.2 Å². The normalized spacial score (nSPS) is 12.2. The third kappa shape index (κ3) is 3.95. The molecule has 1 aromatic heterocycles. The van der Waals surface area contributed by atoms with Crippen molar-refractivity contribution in [2.24, 2.45) is 9.98 Å². The van der Waals surface area contributed by atoms with Crippen molar-refractivity contribution in [1.29, 1.82) is 0 Å². The van der Waals surface area contributed by atoms with Crippen molar-refractivity contribution < 1.29 is 0 Å². The standard InChI is InChI=1S/C21H21N5/c1-14(24-20-10-5-3-8-16(20)22)18-12-7-13-19(26-18)15(2)25-21-11-6-4-9-17(21)23/h3-13H,22-23H2,1-2H3. The second-order valence-electron chi connectivity index (χ2n) is 5.92. The predicted octanol–water partition coefficient (Wildman–Crippen LogP) is 4.53. The third-order valence-electron chi connectivity index (χ3n) is 3.94. The highest BCUT2D eigenvalue weighted by molar-refractivity contribution is 6.02. The van der Waals surface area contributed by atoms with Crippen LogP contribution in [0.3, 0.4) is 0 Å². The van der Waals surface area contributed by atoms with Gasteiger partial charge >= 0.3 is 0 Å². The molecule has 0 aliphatic heterocycles. The van der Waals surface area contributed by atoms with Crippen LogP contribution in [0.4, 0.5) is 22.7 Å². The van der Waals surface area contributed by atoms with Gasteiger partial charge in [-0.3, -0.25) is 0 Å². The Hall–Kier alpha value is -3.47. The summed E-state index contributed by atoms with van der Waals surface area (Å²) in [5.41, 5.74) is 17.8. The molecule has 0 radical (unpaired) electrons. The Morgan fingerprint density at radius 1 is 0.654 bits per heavy atom. The lowest BCUT2D eigenvalue weighted by atomic mass is 10.2. The first-order valence-corrected chi connectivity index (χ1v) is 8.32. The maximum Gasteiger partial charge on any atom is 0.0862 e. The van der Waals surface area contributed by atoms with Crippen LogP contribution in [0.15, 0.2) is 76.7 Å². The summed E-state index contributed by atoms with van der Waals surface area (Å²) in [5.74, 6) is 0. The van der Waals surface area contributed by atoms with Gasteiger partial charge in [0.05, 0.1) is 45.6 Å². The molecule has 0 aliphatic carbocycles. The Kier molecular flexibility index (Phi) is 5.08. The van der Waals surface area contributed by atoms with Gasteiger partial charge in [0.25, 0.3) is 0 Å². The first-order valence-electron chi connectivity index (χ1n) is 8.32. The molecule has 3 aromatic rings. The van der Waals surface area contributed by atoms with Crippen LogP contribution in [0.5, 0.6) is 0 Å². The van der Waals surface area contributed by atoms with Gasteiger partial charge in [-0.15, -0.1) is 0 Å². The van der Waals surface area contributed by atoms with Crippen LogP contribution >= 0.6 is 0 Å². The minimum Gasteiger partial charge on any atom is -0.397 e. The molecule has 26 heavy (non-hydrogen) atoms. The molecule has 0 unspecified atom stereocenters. The fraction of sp³-hybridized carbons (Fsp3) is 0.0952. The van der Waals surface area contributed by atoms with E-state index in [9.17, 15) is 0 Å². The molecule has 0 amide bonds. The van der Waals surface area contributed by atoms with E-state index >= 15 is 0 Å². The summed E-state index contributed by atoms with van der Waals surface area (Å²) in [6, 6.07) is 20.8. The zero-order chi connectivity index (χ0) is 18.5. The van der Waals surface area contributed by atoms with Crippen molar-refractivity contribution in [1.82, 2.24) is 4.98 Å². The van der Waals surface area contributed by atoms with Crippen molar-refractivity contribution in [3.05, 3.63) is 78.1 Å². The summed E-state index contributed by atoms with van der Waals surface area (Å²) in [7, 11) is 0. The van der Waals surface area contributed by atoms with E-state index in [1.165, 1.54) is 0 Å². The Labute approximate surface area is 153 Å². The van der Waals surface area contributed by atoms with E-state index in [2.05, 4.69) is 15.0 Å². The number of hydrogen-bond acceptors (Lipinski definition) is 5. The van der Waals surface area contributed by atoms with Crippen molar-refractivity contribution in [2.45, 2.75) is 13.8 Å². The van der Waals surface area contributed by atoms with Crippen LogP contribution in [-0.2, 0) is 0 Å². The Bertz CT molecular complexity index is 912. The van der Waals surface area contributed by atoms with Gasteiger partial charge in [0.2, 0.25) is 0 Å². The van der Waals surface area contributed by atoms with E-state index in [0.29, 0.717) is 11.4 Å². The smallest absolute Gasteiger partial charge is 0.0862 e. The fourth-order valence-corrected chi connectivity index (χ4v) is 2.49. The largest absolute Gasteiger partial charge is 0.397 e. The van der Waals surface area contributed by atoms with Crippen molar-refractivity contribution in [2.75, 3.05) is 11.5 Å². The summed E-state index contributed by atoms with van der Waals surface area (Å²) < 4.78 is 0. The summed E-state index contributed by atoms with van der Waals surface area (Å²) in [5, 5.41) is 0. The Morgan fingerprint density at radius 2 is 1.08 bits per heavy atom. The second kappa shape index (κ2) is 7.61. The first kappa shape index (κ1) is 17.4. The molecule has 0 bridgehead atoms. The molecule has 3 rings (SSSR count). The average Bonchev–Trinajstić information content (AvgIpc) is 2.65. The van der Waals surface area contributed by atoms with E-state index in [1.807, 2.05) is 80.6 Å². The number of pyridine rings is 1. The number of nitrogens with zero attached hydrogens (tertiary/aromatic N) is 3. The second-order valence-corrected chi connectivity index (χ2v) is 5.92. The van der Waals surface area contributed by atoms with Gasteiger partial charge in [-0.1, -0.05) is 30.3 Å². The topological polar surface area (TPSA) is 89.6 Å². The molecule has 0 saturated carbocycles. The van der Waals surface area contributed by atoms with Crippen molar-refractivity contribution >= 4 is 34.2 Å². The SMILES string of the molecule is CC(=Nc1ccccc1N)c1cccc(C(C)=Nc2ccccc2N)n1. The maximum atomic E-state index is 5.97. The summed E-state index contributed by atoms with van der Waals surface area (Å²) in [6.45, 7) is 3.83. The fourth-order valence-electron chi connectivity index (χ4n) is 2.49. The summed E-state index contributed by atoms with van der Waals surface area (Å²) in [6.07, 6.45) is 0. The number of para-hydroxylation sites is 4. The molecule has 0 saturated heterocycles. The predicted molar refractivity (Wildman–Crippen MR) is 110 cm³/mol. The number of aliphatic imine (C=N–C) groups is 2. The van der Waals surface area contributed by atoms with E-state index in [0.717, 1.165) is 34.2 Å². The minimum absolute atomic E-state index is 0.639. The van der Waals surface area contributed by atoms with E-state index in [1.54, 1.807) is 0 Å². The molecule has 0 fully saturated rings. The molecular formula is C21H21N5. The molecule has 0 spiro atoms. The lowest BCUT2D eigenvalue weighted by Gasteiger charge is -2.06. The van der Waals surface area contributed by atoms with Gasteiger partial charge in [-0.25, -0.2) is 15.0 Å². The van der Waals surface area contributed by atoms with Gasteiger partial charge in [0.1, 0.15) is 0 Å². The van der Waals surface area contributed by atoms with E-state index in [-0.39, 0.29) is 0 Å². The molecule has 0 aliphatic rings. The van der Waals surface area contributed by atoms with Crippen LogP contribution < -0.4 is 11.5 Å². The van der Waals surface area contributed by atoms with Gasteiger partial charge in [-0.2, -0.15) is 0 Å². The number of nitrogens with two attached hydrogens (primary N) is 2. The number of aromatic nitrogens is 1. The van der Waals surface area contributed by atoms with Crippen LogP contribution in [0.25, 0.3) is 0 Å². The number of benzene rings is 2. The van der Waals surface area contributed by atoms with Gasteiger partial charge in [0.15, 0.2) is 0 Å². The maximum absolute atomic E-state index is 5.97. The molecule has 1 heterocycles. The molecule has 5 nitrogen and oxygen atoms in total. The first-order chi connectivity index (χ1) is 12.5. The van der Waals surface area contributed by atoms with Gasteiger partial charge in [-0.05, 0) is 50.2 Å². The summed E-state index contributed by atoms with van der Waals surface area (Å²) in [4.78, 5) is 13.9. The van der Waals surface area contributed by atoms with Crippen LogP contribution in [0.2, 0.25) is 0 Å². The van der Waals surface area contributed by atoms with Crippen LogP contribution in [-0.4, -0.2) is 16.4 Å². The number of anilines is 2. The quantitative estimate of drug-likeness (QED) is 0.539. The highest BCUT2D eigenvalue weighted by atomic mass is 14.9. The highest BCUT2D eigenvalue weighted by Gasteiger charge is 2.06.